The van der Waals surface area contributed by atoms with Crippen LogP contribution in [0.3, 0.4) is 0 Å². The Morgan fingerprint density at radius 3 is 2.43 bits per heavy atom. The number of halogens is 1. The van der Waals surface area contributed by atoms with Crippen molar-refractivity contribution >= 4 is 11.6 Å². The molecule has 0 aliphatic carbocycles. The van der Waals surface area contributed by atoms with Crippen molar-refractivity contribution in [3.8, 4) is 0 Å². The van der Waals surface area contributed by atoms with Gasteiger partial charge in [-0.05, 0) is 6.92 Å². The monoisotopic (exact) mass is 199 g/mol. The highest BCUT2D eigenvalue weighted by Gasteiger charge is 2.11. The fourth-order valence-corrected chi connectivity index (χ4v) is 1.03. The van der Waals surface area contributed by atoms with Crippen LogP contribution in [0.1, 0.15) is 19.7 Å². The van der Waals surface area contributed by atoms with Crippen LogP contribution in [0, 0.1) is 5.82 Å². The van der Waals surface area contributed by atoms with Gasteiger partial charge in [0.2, 0.25) is 5.82 Å². The summed E-state index contributed by atoms with van der Waals surface area (Å²) in [7, 11) is 0. The van der Waals surface area contributed by atoms with Gasteiger partial charge in [0.15, 0.2) is 11.6 Å². The van der Waals surface area contributed by atoms with E-state index in [-0.39, 0.29) is 11.6 Å². The summed E-state index contributed by atoms with van der Waals surface area (Å²) in [4.78, 5) is 7.89. The van der Waals surface area contributed by atoms with E-state index in [1.165, 1.54) is 0 Å². The van der Waals surface area contributed by atoms with Crippen molar-refractivity contribution in [3.63, 3.8) is 0 Å². The zero-order valence-corrected chi connectivity index (χ0v) is 8.26. The minimum Gasteiger partial charge on any atom is -0.368 e. The first-order valence-electron chi connectivity index (χ1n) is 4.49. The maximum atomic E-state index is 13.4. The van der Waals surface area contributed by atoms with Crippen LogP contribution in [0.25, 0.3) is 0 Å². The molecule has 0 fully saturated rings. The van der Waals surface area contributed by atoms with Crippen LogP contribution in [0.2, 0.25) is 0 Å². The van der Waals surface area contributed by atoms with Crippen molar-refractivity contribution in [1.29, 1.82) is 0 Å². The molecule has 0 spiro atoms. The van der Waals surface area contributed by atoms with Crippen molar-refractivity contribution in [1.82, 2.24) is 9.97 Å². The molecule has 0 aromatic carbocycles. The summed E-state index contributed by atoms with van der Waals surface area (Å²) in [5, 5.41) is 2.80. The maximum Gasteiger partial charge on any atom is 0.208 e. The van der Waals surface area contributed by atoms with Crippen LogP contribution >= 0.6 is 0 Å². The summed E-state index contributed by atoms with van der Waals surface area (Å²) in [5.41, 5.74) is 2.20. The average Bonchev–Trinajstić information content (AvgIpc) is 2.21. The average molecular weight is 199 g/mol. The van der Waals surface area contributed by atoms with Gasteiger partial charge in [0.1, 0.15) is 5.82 Å². The van der Waals surface area contributed by atoms with Gasteiger partial charge in [-0.15, -0.1) is 0 Å². The second-order valence-electron chi connectivity index (χ2n) is 2.68. The molecule has 0 aliphatic heterocycles. The van der Waals surface area contributed by atoms with E-state index in [2.05, 4.69) is 20.7 Å². The smallest absolute Gasteiger partial charge is 0.208 e. The number of anilines is 2. The van der Waals surface area contributed by atoms with Crippen molar-refractivity contribution in [2.45, 2.75) is 20.3 Å². The molecule has 1 heterocycles. The fraction of sp³-hybridized carbons (Fsp3) is 0.500. The number of rotatable bonds is 4. The Kier molecular flexibility index (Phi) is 3.58. The Balaban J connectivity index is 3.12. The Morgan fingerprint density at radius 2 is 1.93 bits per heavy atom. The zero-order chi connectivity index (χ0) is 10.6. The van der Waals surface area contributed by atoms with Crippen molar-refractivity contribution in [2.75, 3.05) is 17.3 Å². The highest BCUT2D eigenvalue weighted by atomic mass is 19.1. The second kappa shape index (κ2) is 4.71. The topological polar surface area (TPSA) is 75.9 Å². The Morgan fingerprint density at radius 1 is 1.29 bits per heavy atom. The molecule has 6 heteroatoms. The third-order valence-corrected chi connectivity index (χ3v) is 1.69. The quantitative estimate of drug-likeness (QED) is 0.496. The Hall–Kier alpha value is -1.43. The van der Waals surface area contributed by atoms with Crippen LogP contribution < -0.4 is 16.6 Å². The van der Waals surface area contributed by atoms with E-state index in [0.29, 0.717) is 18.8 Å². The van der Waals surface area contributed by atoms with E-state index in [1.54, 1.807) is 0 Å². The first-order chi connectivity index (χ1) is 6.72. The SMILES string of the molecule is CCNc1nc(CC)nc(NN)c1F. The van der Waals surface area contributed by atoms with Gasteiger partial charge in [0.05, 0.1) is 0 Å². The van der Waals surface area contributed by atoms with Gasteiger partial charge in [-0.25, -0.2) is 15.8 Å². The number of nitrogens with two attached hydrogens (primary N) is 1. The first-order valence-corrected chi connectivity index (χ1v) is 4.49. The normalized spacial score (nSPS) is 10.0. The summed E-state index contributed by atoms with van der Waals surface area (Å²) in [6, 6.07) is 0. The summed E-state index contributed by atoms with van der Waals surface area (Å²) in [6.45, 7) is 4.35. The van der Waals surface area contributed by atoms with E-state index in [1.807, 2.05) is 13.8 Å². The fourth-order valence-electron chi connectivity index (χ4n) is 1.03. The highest BCUT2D eigenvalue weighted by molar-refractivity contribution is 5.49. The van der Waals surface area contributed by atoms with Gasteiger partial charge in [0.25, 0.3) is 0 Å². The molecule has 14 heavy (non-hydrogen) atoms. The largest absolute Gasteiger partial charge is 0.368 e. The van der Waals surface area contributed by atoms with Crippen LogP contribution in [-0.2, 0) is 6.42 Å². The van der Waals surface area contributed by atoms with Crippen molar-refractivity contribution in [3.05, 3.63) is 11.6 Å². The molecule has 78 valence electrons. The number of hydrogen-bond acceptors (Lipinski definition) is 5. The second-order valence-corrected chi connectivity index (χ2v) is 2.68. The number of nitrogen functional groups attached to an aromatic ring is 1. The maximum absolute atomic E-state index is 13.4. The lowest BCUT2D eigenvalue weighted by atomic mass is 10.4. The molecule has 0 radical (unpaired) electrons. The molecule has 0 atom stereocenters. The number of hydrazine groups is 1. The van der Waals surface area contributed by atoms with Crippen molar-refractivity contribution in [2.24, 2.45) is 5.84 Å². The molecule has 0 bridgehead atoms. The number of nitrogens with zero attached hydrogens (tertiary/aromatic N) is 2. The summed E-state index contributed by atoms with van der Waals surface area (Å²) in [6.07, 6.45) is 0.632. The van der Waals surface area contributed by atoms with Gasteiger partial charge in [0, 0.05) is 13.0 Å². The molecule has 0 saturated heterocycles. The van der Waals surface area contributed by atoms with Gasteiger partial charge < -0.3 is 10.7 Å². The minimum absolute atomic E-state index is 0.0211. The molecular formula is C8H14FN5. The molecule has 5 nitrogen and oxygen atoms in total. The van der Waals surface area contributed by atoms with Gasteiger partial charge >= 0.3 is 0 Å². The summed E-state index contributed by atoms with van der Waals surface area (Å²) >= 11 is 0. The van der Waals surface area contributed by atoms with Gasteiger partial charge in [-0.2, -0.15) is 4.39 Å². The van der Waals surface area contributed by atoms with Crippen LogP contribution in [0.5, 0.6) is 0 Å². The lowest BCUT2D eigenvalue weighted by molar-refractivity contribution is 0.617. The van der Waals surface area contributed by atoms with E-state index in [0.717, 1.165) is 0 Å². The molecule has 0 aliphatic rings. The molecule has 4 N–H and O–H groups in total. The molecule has 1 aromatic rings. The lowest BCUT2D eigenvalue weighted by Gasteiger charge is -2.09. The van der Waals surface area contributed by atoms with Gasteiger partial charge in [-0.1, -0.05) is 6.92 Å². The van der Waals surface area contributed by atoms with E-state index >= 15 is 0 Å². The number of aryl methyl sites for hydroxylation is 1. The molecular weight excluding hydrogens is 185 g/mol. The number of aromatic nitrogens is 2. The predicted octanol–water partition coefficient (Wildman–Crippen LogP) is 0.895. The van der Waals surface area contributed by atoms with Crippen LogP contribution in [0.4, 0.5) is 16.0 Å². The molecule has 0 amide bonds. The minimum atomic E-state index is -0.549. The number of hydrogen-bond donors (Lipinski definition) is 3. The van der Waals surface area contributed by atoms with Crippen LogP contribution in [-0.4, -0.2) is 16.5 Å². The number of nitrogens with one attached hydrogen (secondary N) is 2. The van der Waals surface area contributed by atoms with Gasteiger partial charge in [-0.3, -0.25) is 0 Å². The Labute approximate surface area is 81.9 Å². The van der Waals surface area contributed by atoms with E-state index in [4.69, 9.17) is 5.84 Å². The molecule has 0 saturated carbocycles. The standard InChI is InChI=1S/C8H14FN5/c1-3-5-12-7(11-4-2)6(9)8(13-5)14-10/h3-4,10H2,1-2H3,(H2,11,12,13,14). The zero-order valence-electron chi connectivity index (χ0n) is 8.26. The lowest BCUT2D eigenvalue weighted by Crippen LogP contribution is -2.15. The highest BCUT2D eigenvalue weighted by Crippen LogP contribution is 2.17. The summed E-state index contributed by atoms with van der Waals surface area (Å²) in [5.74, 6) is 5.34. The third kappa shape index (κ3) is 2.08. The molecule has 1 aromatic heterocycles. The molecule has 1 rings (SSSR count). The summed E-state index contributed by atoms with van der Waals surface area (Å²) < 4.78 is 13.4. The Bertz CT molecular complexity index is 315. The van der Waals surface area contributed by atoms with E-state index < -0.39 is 5.82 Å². The third-order valence-electron chi connectivity index (χ3n) is 1.69. The predicted molar refractivity (Wildman–Crippen MR) is 53.3 cm³/mol. The van der Waals surface area contributed by atoms with E-state index in [9.17, 15) is 4.39 Å². The first kappa shape index (κ1) is 10.6. The van der Waals surface area contributed by atoms with Crippen LogP contribution in [0.15, 0.2) is 0 Å². The molecule has 0 unspecified atom stereocenters. The van der Waals surface area contributed by atoms with Crippen molar-refractivity contribution < 1.29 is 4.39 Å².